The molecule has 3 aliphatic rings. The van der Waals surface area contributed by atoms with Crippen LogP contribution < -0.4 is 9.64 Å². The zero-order valence-electron chi connectivity index (χ0n) is 26.8. The molecule has 2 aliphatic heterocycles. The number of ether oxygens (including phenoxy) is 2. The topological polar surface area (TPSA) is 63.6 Å². The molecule has 7 rings (SSSR count). The minimum absolute atomic E-state index is 0.000154. The van der Waals surface area contributed by atoms with E-state index in [4.69, 9.17) is 37.5 Å². The fourth-order valence-corrected chi connectivity index (χ4v) is 7.57. The molecule has 3 fully saturated rings. The Bertz CT molecular complexity index is 2090. The van der Waals surface area contributed by atoms with Crippen LogP contribution in [0.5, 0.6) is 6.01 Å². The van der Waals surface area contributed by atoms with Crippen LogP contribution in [0.3, 0.4) is 0 Å². The van der Waals surface area contributed by atoms with E-state index >= 15 is 4.39 Å². The van der Waals surface area contributed by atoms with Gasteiger partial charge in [-0.25, -0.2) is 18.2 Å². The average molecular weight is 672 g/mol. The number of halogens is 4. The first-order chi connectivity index (χ1) is 23.2. The predicted molar refractivity (Wildman–Crippen MR) is 181 cm³/mol. The molecule has 4 atom stereocenters. The number of anilines is 1. The molecule has 2 aromatic heterocycles. The van der Waals surface area contributed by atoms with Crippen LogP contribution in [0.2, 0.25) is 0 Å². The fourth-order valence-electron chi connectivity index (χ4n) is 7.11. The molecule has 0 spiro atoms. The summed E-state index contributed by atoms with van der Waals surface area (Å²) >= 11 is 6.72. The molecule has 0 bridgehead atoms. The zero-order valence-corrected chi connectivity index (χ0v) is 27.5. The Labute approximate surface area is 282 Å². The van der Waals surface area contributed by atoms with Crippen molar-refractivity contribution in [3.63, 3.8) is 0 Å². The first-order valence-corrected chi connectivity index (χ1v) is 16.2. The van der Waals surface area contributed by atoms with E-state index in [-0.39, 0.29) is 52.4 Å². The van der Waals surface area contributed by atoms with Gasteiger partial charge in [-0.05, 0) is 43.3 Å². The Morgan fingerprint density at radius 2 is 2.00 bits per heavy atom. The van der Waals surface area contributed by atoms with Gasteiger partial charge in [0.15, 0.2) is 5.82 Å². The molecule has 0 radical (unpaired) electrons. The Morgan fingerprint density at radius 3 is 2.77 bits per heavy atom. The van der Waals surface area contributed by atoms with Gasteiger partial charge in [0.1, 0.15) is 35.1 Å². The van der Waals surface area contributed by atoms with E-state index in [0.29, 0.717) is 72.2 Å². The van der Waals surface area contributed by atoms with Crippen molar-refractivity contribution in [1.82, 2.24) is 19.9 Å². The van der Waals surface area contributed by atoms with Crippen LogP contribution in [-0.2, 0) is 4.74 Å². The zero-order chi connectivity index (χ0) is 33.7. The van der Waals surface area contributed by atoms with Crippen LogP contribution >= 0.6 is 11.6 Å². The van der Waals surface area contributed by atoms with Gasteiger partial charge < -0.3 is 19.3 Å². The van der Waals surface area contributed by atoms with Gasteiger partial charge in [0, 0.05) is 41.9 Å². The third-order valence-corrected chi connectivity index (χ3v) is 10.2. The van der Waals surface area contributed by atoms with Gasteiger partial charge in [-0.3, -0.25) is 0 Å². The number of hydrogen-bond donors (Lipinski definition) is 0. The number of alkyl halides is 1. The summed E-state index contributed by atoms with van der Waals surface area (Å²) in [7, 11) is 1.97. The molecule has 0 unspecified atom stereocenters. The number of rotatable bonds is 5. The summed E-state index contributed by atoms with van der Waals surface area (Å²) in [6.45, 7) is 6.26. The van der Waals surface area contributed by atoms with Gasteiger partial charge in [-0.2, -0.15) is 9.97 Å². The van der Waals surface area contributed by atoms with Crippen LogP contribution in [0.15, 0.2) is 42.2 Å². The van der Waals surface area contributed by atoms with Crippen molar-refractivity contribution in [3.05, 3.63) is 65.1 Å². The Balaban J connectivity index is 1.46. The molecular weight excluding hydrogens is 639 g/mol. The van der Waals surface area contributed by atoms with Crippen LogP contribution in [0.1, 0.15) is 31.5 Å². The standard InChI is InChI=1S/C37H33ClF3N5O2/c1-5-8-27-29-33(31(41)32(42-27)24-10-7-9-21-11-12-26(40)23(6-2)28(21)24)43-36(48-20-37(3)19-45(4)14-13-22(37)17-39)44-35(29)46-15-16-47-18-25-30(38)34(25)46/h2,7,9-12,17,25,30,34H,13-16,18-20H2,1,3-4H3/b22-17+/t25-,30-,34-,37-/m0/s1. The summed E-state index contributed by atoms with van der Waals surface area (Å²) in [5, 5.41) is 1.07. The van der Waals surface area contributed by atoms with Crippen LogP contribution in [-0.4, -0.2) is 77.8 Å². The second kappa shape index (κ2) is 12.6. The first-order valence-electron chi connectivity index (χ1n) is 15.8. The summed E-state index contributed by atoms with van der Waals surface area (Å²) < 4.78 is 58.2. The molecule has 7 nitrogen and oxygen atoms in total. The van der Waals surface area contributed by atoms with E-state index in [1.807, 2.05) is 18.9 Å². The summed E-state index contributed by atoms with van der Waals surface area (Å²) in [4.78, 5) is 18.3. The number of fused-ring (bicyclic) bond motifs is 3. The molecule has 11 heteroatoms. The van der Waals surface area contributed by atoms with Crippen molar-refractivity contribution in [2.24, 2.45) is 11.3 Å². The number of hydrogen-bond acceptors (Lipinski definition) is 7. The maximum atomic E-state index is 17.1. The lowest BCUT2D eigenvalue weighted by atomic mass is 9.78. The van der Waals surface area contributed by atoms with E-state index in [9.17, 15) is 8.78 Å². The number of nitrogens with zero attached hydrogens (tertiary/aromatic N) is 5. The minimum atomic E-state index is -0.770. The monoisotopic (exact) mass is 671 g/mol. The highest BCUT2D eigenvalue weighted by atomic mass is 35.5. The molecule has 1 aliphatic carbocycles. The van der Waals surface area contributed by atoms with Gasteiger partial charge in [-0.1, -0.05) is 43.0 Å². The van der Waals surface area contributed by atoms with Crippen molar-refractivity contribution in [1.29, 1.82) is 0 Å². The minimum Gasteiger partial charge on any atom is -0.462 e. The normalized spacial score (nSPS) is 24.9. The smallest absolute Gasteiger partial charge is 0.319 e. The third-order valence-electron chi connectivity index (χ3n) is 9.64. The van der Waals surface area contributed by atoms with E-state index in [2.05, 4.69) is 27.6 Å². The summed E-state index contributed by atoms with van der Waals surface area (Å²) in [5.74, 6) is 7.40. The van der Waals surface area contributed by atoms with Crippen molar-refractivity contribution in [3.8, 4) is 41.5 Å². The van der Waals surface area contributed by atoms with Crippen molar-refractivity contribution in [2.45, 2.75) is 31.7 Å². The molecule has 1 saturated carbocycles. The second-order valence-corrected chi connectivity index (χ2v) is 13.4. The summed E-state index contributed by atoms with van der Waals surface area (Å²) in [6.07, 6.45) is 6.95. The Kier molecular flexibility index (Phi) is 8.45. The highest BCUT2D eigenvalue weighted by molar-refractivity contribution is 6.24. The van der Waals surface area contributed by atoms with Gasteiger partial charge >= 0.3 is 6.01 Å². The van der Waals surface area contributed by atoms with E-state index in [0.717, 1.165) is 6.54 Å². The van der Waals surface area contributed by atoms with E-state index in [1.54, 1.807) is 31.2 Å². The van der Waals surface area contributed by atoms with Crippen LogP contribution in [0, 0.1) is 47.2 Å². The number of likely N-dealkylation sites (tertiary alicyclic amines) is 1. The highest BCUT2D eigenvalue weighted by Crippen LogP contribution is 2.47. The molecule has 4 aromatic rings. The quantitative estimate of drug-likeness (QED) is 0.178. The van der Waals surface area contributed by atoms with Gasteiger partial charge in [0.2, 0.25) is 0 Å². The molecule has 2 aromatic carbocycles. The highest BCUT2D eigenvalue weighted by Gasteiger charge is 2.54. The lowest BCUT2D eigenvalue weighted by Gasteiger charge is -2.40. The van der Waals surface area contributed by atoms with Crippen molar-refractivity contribution in [2.75, 3.05) is 51.4 Å². The summed E-state index contributed by atoms with van der Waals surface area (Å²) in [5.41, 5.74) is 0.322. The second-order valence-electron chi connectivity index (χ2n) is 12.9. The SMILES string of the molecule is C#Cc1c(F)ccc2cccc(-c3nc(C#CC)c4c(N5CCOC[C@H]6[C@H](Cl)[C@H]65)nc(OC[C@]5(C)CN(C)CC/C5=C\F)nc4c3F)c12. The largest absolute Gasteiger partial charge is 0.462 e. The lowest BCUT2D eigenvalue weighted by Crippen LogP contribution is -2.44. The predicted octanol–water partition coefficient (Wildman–Crippen LogP) is 6.49. The van der Waals surface area contributed by atoms with Crippen molar-refractivity contribution < 1.29 is 22.6 Å². The molecular formula is C37H33ClF3N5O2. The van der Waals surface area contributed by atoms with E-state index < -0.39 is 17.0 Å². The van der Waals surface area contributed by atoms with E-state index in [1.165, 1.54) is 6.07 Å². The first kappa shape index (κ1) is 32.2. The maximum Gasteiger partial charge on any atom is 0.319 e. The summed E-state index contributed by atoms with van der Waals surface area (Å²) in [6, 6.07) is 7.83. The third kappa shape index (κ3) is 5.42. The number of pyridine rings is 1. The fraction of sp³-hybridized carbons (Fsp3) is 0.378. The molecule has 4 heterocycles. The van der Waals surface area contributed by atoms with Crippen molar-refractivity contribution >= 4 is 39.1 Å². The number of piperidine rings is 1. The lowest BCUT2D eigenvalue weighted by molar-refractivity contribution is 0.109. The van der Waals surface area contributed by atoms with Crippen LogP contribution in [0.25, 0.3) is 32.9 Å². The Morgan fingerprint density at radius 1 is 1.17 bits per heavy atom. The molecule has 0 N–H and O–H groups in total. The number of terminal acetylenes is 1. The van der Waals surface area contributed by atoms with Gasteiger partial charge in [0.25, 0.3) is 0 Å². The maximum absolute atomic E-state index is 17.1. The molecule has 0 amide bonds. The molecule has 48 heavy (non-hydrogen) atoms. The molecule has 2 saturated heterocycles. The van der Waals surface area contributed by atoms with Gasteiger partial charge in [0.05, 0.1) is 41.9 Å². The number of benzene rings is 2. The van der Waals surface area contributed by atoms with Gasteiger partial charge in [-0.15, -0.1) is 18.0 Å². The average Bonchev–Trinajstić information content (AvgIpc) is 3.78. The Hall–Kier alpha value is -4.35. The van der Waals surface area contributed by atoms with Crippen LogP contribution in [0.4, 0.5) is 19.0 Å². The number of aromatic nitrogens is 3. The molecule has 246 valence electrons.